The standard InChI is InChI=1S/C13H19BrO2S/c1-3-5-7-10(6-4-2)16-12-8-11(9-15)17-13(12)14/h8-10H,3-7H2,1-2H3. The van der Waals surface area contributed by atoms with Crippen LogP contribution < -0.4 is 4.74 Å². The van der Waals surface area contributed by atoms with Crippen molar-refractivity contribution in [2.24, 2.45) is 0 Å². The molecule has 1 unspecified atom stereocenters. The van der Waals surface area contributed by atoms with Crippen LogP contribution in [0.5, 0.6) is 5.75 Å². The van der Waals surface area contributed by atoms with E-state index in [1.165, 1.54) is 24.2 Å². The van der Waals surface area contributed by atoms with E-state index in [1.807, 2.05) is 6.07 Å². The quantitative estimate of drug-likeness (QED) is 0.626. The fraction of sp³-hybridized carbons (Fsp3) is 0.615. The van der Waals surface area contributed by atoms with E-state index in [1.54, 1.807) is 0 Å². The molecule has 96 valence electrons. The lowest BCUT2D eigenvalue weighted by molar-refractivity contribution is 0.112. The van der Waals surface area contributed by atoms with Gasteiger partial charge in [-0.1, -0.05) is 33.1 Å². The van der Waals surface area contributed by atoms with Gasteiger partial charge in [-0.3, -0.25) is 4.79 Å². The Morgan fingerprint density at radius 2 is 2.18 bits per heavy atom. The van der Waals surface area contributed by atoms with E-state index in [2.05, 4.69) is 29.8 Å². The second kappa shape index (κ2) is 7.88. The Kier molecular flexibility index (Phi) is 6.82. The molecule has 1 atom stereocenters. The minimum absolute atomic E-state index is 0.269. The van der Waals surface area contributed by atoms with Gasteiger partial charge in [0, 0.05) is 6.07 Å². The third-order valence-electron chi connectivity index (χ3n) is 2.57. The van der Waals surface area contributed by atoms with Crippen molar-refractivity contribution in [1.82, 2.24) is 0 Å². The molecule has 0 fully saturated rings. The van der Waals surface area contributed by atoms with Crippen LogP contribution in [0.15, 0.2) is 9.85 Å². The third kappa shape index (κ3) is 4.80. The van der Waals surface area contributed by atoms with Gasteiger partial charge in [-0.2, -0.15) is 0 Å². The predicted molar refractivity (Wildman–Crippen MR) is 76.3 cm³/mol. The van der Waals surface area contributed by atoms with E-state index >= 15 is 0 Å². The minimum Gasteiger partial charge on any atom is -0.488 e. The smallest absolute Gasteiger partial charge is 0.160 e. The molecule has 0 radical (unpaired) electrons. The number of carbonyl (C=O) groups excluding carboxylic acids is 1. The number of halogens is 1. The zero-order chi connectivity index (χ0) is 12.7. The fourth-order valence-corrected chi connectivity index (χ4v) is 3.10. The van der Waals surface area contributed by atoms with E-state index in [-0.39, 0.29) is 6.10 Å². The van der Waals surface area contributed by atoms with Crippen LogP contribution in [0, 0.1) is 0 Å². The predicted octanol–water partition coefficient (Wildman–Crippen LogP) is 5.06. The van der Waals surface area contributed by atoms with E-state index in [9.17, 15) is 4.79 Å². The normalized spacial score (nSPS) is 12.4. The summed E-state index contributed by atoms with van der Waals surface area (Å²) in [6.07, 6.45) is 6.79. The topological polar surface area (TPSA) is 26.3 Å². The second-order valence-corrected chi connectivity index (χ2v) is 6.48. The molecule has 0 aliphatic rings. The molecule has 0 bridgehead atoms. The Labute approximate surface area is 115 Å². The summed E-state index contributed by atoms with van der Waals surface area (Å²) in [4.78, 5) is 11.4. The molecule has 0 amide bonds. The van der Waals surface area contributed by atoms with Gasteiger partial charge in [0.1, 0.15) is 9.54 Å². The summed E-state index contributed by atoms with van der Waals surface area (Å²) in [7, 11) is 0. The summed E-state index contributed by atoms with van der Waals surface area (Å²) in [6.45, 7) is 4.36. The molecular formula is C13H19BrO2S. The molecule has 4 heteroatoms. The van der Waals surface area contributed by atoms with Gasteiger partial charge >= 0.3 is 0 Å². The van der Waals surface area contributed by atoms with Crippen molar-refractivity contribution in [1.29, 1.82) is 0 Å². The Morgan fingerprint density at radius 3 is 2.71 bits per heavy atom. The van der Waals surface area contributed by atoms with Gasteiger partial charge in [-0.15, -0.1) is 11.3 Å². The monoisotopic (exact) mass is 318 g/mol. The van der Waals surface area contributed by atoms with Crippen LogP contribution in [0.25, 0.3) is 0 Å². The zero-order valence-electron chi connectivity index (χ0n) is 10.4. The van der Waals surface area contributed by atoms with Crippen LogP contribution in [-0.4, -0.2) is 12.4 Å². The van der Waals surface area contributed by atoms with Crippen LogP contribution in [-0.2, 0) is 0 Å². The van der Waals surface area contributed by atoms with Gasteiger partial charge in [0.15, 0.2) is 6.29 Å². The summed E-state index contributed by atoms with van der Waals surface area (Å²) in [5.74, 6) is 0.812. The number of ether oxygens (including phenoxy) is 1. The first-order valence-electron chi connectivity index (χ1n) is 6.12. The van der Waals surface area contributed by atoms with E-state index in [4.69, 9.17) is 4.74 Å². The largest absolute Gasteiger partial charge is 0.488 e. The van der Waals surface area contributed by atoms with Crippen LogP contribution >= 0.6 is 27.3 Å². The van der Waals surface area contributed by atoms with Gasteiger partial charge in [0.05, 0.1) is 11.0 Å². The lowest BCUT2D eigenvalue weighted by atomic mass is 10.1. The molecule has 0 aliphatic heterocycles. The van der Waals surface area contributed by atoms with Crippen molar-refractivity contribution in [2.75, 3.05) is 0 Å². The van der Waals surface area contributed by atoms with Gasteiger partial charge in [0.2, 0.25) is 0 Å². The Bertz CT molecular complexity index is 349. The second-order valence-electron chi connectivity index (χ2n) is 4.08. The highest BCUT2D eigenvalue weighted by molar-refractivity contribution is 9.11. The average Bonchev–Trinajstić information content (AvgIpc) is 2.67. The molecule has 0 aromatic carbocycles. The van der Waals surface area contributed by atoms with Gasteiger partial charge in [-0.05, 0) is 28.8 Å². The average molecular weight is 319 g/mol. The number of unbranched alkanes of at least 4 members (excludes halogenated alkanes) is 1. The van der Waals surface area contributed by atoms with E-state index in [0.717, 1.165) is 35.1 Å². The Balaban J connectivity index is 2.63. The first kappa shape index (κ1) is 14.7. The van der Waals surface area contributed by atoms with Crippen molar-refractivity contribution in [3.05, 3.63) is 14.7 Å². The molecule has 2 nitrogen and oxygen atoms in total. The van der Waals surface area contributed by atoms with Crippen molar-refractivity contribution < 1.29 is 9.53 Å². The molecular weight excluding hydrogens is 300 g/mol. The van der Waals surface area contributed by atoms with Crippen LogP contribution in [0.2, 0.25) is 0 Å². The number of aldehydes is 1. The molecule has 0 N–H and O–H groups in total. The van der Waals surface area contributed by atoms with Crippen LogP contribution in [0.4, 0.5) is 0 Å². The van der Waals surface area contributed by atoms with E-state index in [0.29, 0.717) is 4.88 Å². The Morgan fingerprint density at radius 1 is 1.41 bits per heavy atom. The molecule has 0 saturated carbocycles. The first-order valence-corrected chi connectivity index (χ1v) is 7.73. The number of hydrogen-bond donors (Lipinski definition) is 0. The minimum atomic E-state index is 0.269. The molecule has 1 rings (SSSR count). The number of hydrogen-bond acceptors (Lipinski definition) is 3. The maximum atomic E-state index is 10.7. The van der Waals surface area contributed by atoms with Gasteiger partial charge in [-0.25, -0.2) is 0 Å². The maximum Gasteiger partial charge on any atom is 0.160 e. The highest BCUT2D eigenvalue weighted by Gasteiger charge is 2.13. The van der Waals surface area contributed by atoms with Crippen molar-refractivity contribution >= 4 is 33.6 Å². The summed E-state index contributed by atoms with van der Waals surface area (Å²) in [6, 6.07) is 1.82. The van der Waals surface area contributed by atoms with Gasteiger partial charge in [0.25, 0.3) is 0 Å². The molecule has 17 heavy (non-hydrogen) atoms. The fourth-order valence-electron chi connectivity index (χ4n) is 1.70. The molecule has 1 aromatic heterocycles. The maximum absolute atomic E-state index is 10.7. The molecule has 0 aliphatic carbocycles. The molecule has 1 aromatic rings. The Hall–Kier alpha value is -0.350. The van der Waals surface area contributed by atoms with Crippen LogP contribution in [0.3, 0.4) is 0 Å². The third-order valence-corrected chi connectivity index (χ3v) is 4.28. The lowest BCUT2D eigenvalue weighted by Gasteiger charge is -2.17. The van der Waals surface area contributed by atoms with Gasteiger partial charge < -0.3 is 4.74 Å². The summed E-state index contributed by atoms with van der Waals surface area (Å²) < 4.78 is 6.89. The number of rotatable bonds is 8. The molecule has 0 saturated heterocycles. The zero-order valence-corrected chi connectivity index (χ0v) is 12.8. The summed E-state index contributed by atoms with van der Waals surface area (Å²) in [5.41, 5.74) is 0. The highest BCUT2D eigenvalue weighted by Crippen LogP contribution is 2.35. The molecule has 1 heterocycles. The van der Waals surface area contributed by atoms with Crippen molar-refractivity contribution in [3.8, 4) is 5.75 Å². The molecule has 0 spiro atoms. The number of thiophene rings is 1. The first-order chi connectivity index (χ1) is 8.21. The summed E-state index contributed by atoms with van der Waals surface area (Å²) in [5, 5.41) is 0. The van der Waals surface area contributed by atoms with Crippen LogP contribution in [0.1, 0.15) is 55.6 Å². The lowest BCUT2D eigenvalue weighted by Crippen LogP contribution is -2.15. The SMILES string of the molecule is CCCCC(CCC)Oc1cc(C=O)sc1Br. The number of carbonyl (C=O) groups is 1. The highest BCUT2D eigenvalue weighted by atomic mass is 79.9. The van der Waals surface area contributed by atoms with Crippen molar-refractivity contribution in [2.45, 2.75) is 52.1 Å². The summed E-state index contributed by atoms with van der Waals surface area (Å²) >= 11 is 4.86. The van der Waals surface area contributed by atoms with E-state index < -0.39 is 0 Å². The van der Waals surface area contributed by atoms with Crippen molar-refractivity contribution in [3.63, 3.8) is 0 Å².